The first-order valence-corrected chi connectivity index (χ1v) is 6.38. The van der Waals surface area contributed by atoms with E-state index in [4.69, 9.17) is 0 Å². The molecule has 0 aliphatic heterocycles. The van der Waals surface area contributed by atoms with Crippen LogP contribution >= 0.6 is 0 Å². The van der Waals surface area contributed by atoms with E-state index in [2.05, 4.69) is 4.40 Å². The monoisotopic (exact) mass is 277 g/mol. The molecule has 0 aliphatic rings. The summed E-state index contributed by atoms with van der Waals surface area (Å²) in [6, 6.07) is 5.08. The molecule has 1 aromatic carbocycles. The number of halogens is 3. The van der Waals surface area contributed by atoms with Gasteiger partial charge in [-0.05, 0) is 32.9 Å². The molecule has 0 heterocycles. The Morgan fingerprint density at radius 1 is 1.28 bits per heavy atom. The van der Waals surface area contributed by atoms with Crippen LogP contribution in [-0.2, 0) is 11.0 Å². The van der Waals surface area contributed by atoms with Gasteiger partial charge in [0.05, 0.1) is 4.75 Å². The number of hydrogen-bond donors (Lipinski definition) is 0. The van der Waals surface area contributed by atoms with Gasteiger partial charge in [0.2, 0.25) is 0 Å². The van der Waals surface area contributed by atoms with Crippen molar-refractivity contribution >= 4 is 16.7 Å². The molecular formula is C12H14F3NOS. The average molecular weight is 277 g/mol. The van der Waals surface area contributed by atoms with Crippen molar-refractivity contribution < 1.29 is 17.4 Å². The van der Waals surface area contributed by atoms with Crippen LogP contribution in [0, 0.1) is 5.82 Å². The van der Waals surface area contributed by atoms with E-state index in [9.17, 15) is 17.4 Å². The molecule has 1 aromatic rings. The van der Waals surface area contributed by atoms with Gasteiger partial charge in [0.1, 0.15) is 22.5 Å². The SMILES string of the molecule is CC(C)(C)[S@@](=O)/N=C(\c1ccccc1F)C(F)F. The van der Waals surface area contributed by atoms with Crippen LogP contribution < -0.4 is 0 Å². The van der Waals surface area contributed by atoms with Crippen molar-refractivity contribution in [2.45, 2.75) is 31.9 Å². The Labute approximate surface area is 107 Å². The highest BCUT2D eigenvalue weighted by Crippen LogP contribution is 2.18. The third-order valence-corrected chi connectivity index (χ3v) is 3.47. The van der Waals surface area contributed by atoms with Crippen LogP contribution in [0.1, 0.15) is 26.3 Å². The van der Waals surface area contributed by atoms with Gasteiger partial charge in [-0.3, -0.25) is 0 Å². The summed E-state index contributed by atoms with van der Waals surface area (Å²) in [5, 5.41) is 0. The molecule has 0 radical (unpaired) electrons. The Balaban J connectivity index is 3.25. The molecule has 2 nitrogen and oxygen atoms in total. The largest absolute Gasteiger partial charge is 0.281 e. The number of alkyl halides is 2. The fourth-order valence-corrected chi connectivity index (χ4v) is 1.73. The highest BCUT2D eigenvalue weighted by Gasteiger charge is 2.25. The fraction of sp³-hybridized carbons (Fsp3) is 0.417. The summed E-state index contributed by atoms with van der Waals surface area (Å²) in [4.78, 5) is 0. The van der Waals surface area contributed by atoms with E-state index < -0.39 is 33.7 Å². The lowest BCUT2D eigenvalue weighted by Crippen LogP contribution is -2.23. The van der Waals surface area contributed by atoms with Crippen LogP contribution in [0.2, 0.25) is 0 Å². The zero-order valence-electron chi connectivity index (χ0n) is 10.3. The molecule has 0 N–H and O–H groups in total. The molecule has 0 aromatic heterocycles. The molecule has 18 heavy (non-hydrogen) atoms. The Morgan fingerprint density at radius 3 is 2.28 bits per heavy atom. The summed E-state index contributed by atoms with van der Waals surface area (Å²) in [6.07, 6.45) is -2.98. The van der Waals surface area contributed by atoms with Gasteiger partial charge >= 0.3 is 0 Å². The van der Waals surface area contributed by atoms with E-state index in [0.717, 1.165) is 6.07 Å². The molecule has 1 atom stereocenters. The minimum Gasteiger partial charge on any atom is -0.234 e. The first kappa shape index (κ1) is 14.9. The maximum atomic E-state index is 13.4. The van der Waals surface area contributed by atoms with Crippen LogP contribution in [0.25, 0.3) is 0 Å². The quantitative estimate of drug-likeness (QED) is 0.779. The number of rotatable bonds is 3. The Hall–Kier alpha value is -1.17. The molecule has 0 spiro atoms. The summed E-state index contributed by atoms with van der Waals surface area (Å²) in [5.41, 5.74) is -1.09. The average Bonchev–Trinajstić information content (AvgIpc) is 2.25. The molecule has 0 bridgehead atoms. The minimum absolute atomic E-state index is 0.315. The van der Waals surface area contributed by atoms with Gasteiger partial charge in [0.25, 0.3) is 6.43 Å². The van der Waals surface area contributed by atoms with Gasteiger partial charge in [-0.1, -0.05) is 12.1 Å². The van der Waals surface area contributed by atoms with Crippen LogP contribution in [0.5, 0.6) is 0 Å². The molecule has 0 unspecified atom stereocenters. The van der Waals surface area contributed by atoms with Gasteiger partial charge in [-0.15, -0.1) is 0 Å². The van der Waals surface area contributed by atoms with Gasteiger partial charge in [0.15, 0.2) is 0 Å². The third-order valence-electron chi connectivity index (χ3n) is 2.06. The van der Waals surface area contributed by atoms with E-state index in [-0.39, 0.29) is 5.56 Å². The van der Waals surface area contributed by atoms with Crippen LogP contribution in [0.15, 0.2) is 28.7 Å². The maximum Gasteiger partial charge on any atom is 0.281 e. The predicted molar refractivity (Wildman–Crippen MR) is 66.8 cm³/mol. The molecule has 0 saturated carbocycles. The lowest BCUT2D eigenvalue weighted by atomic mass is 10.1. The lowest BCUT2D eigenvalue weighted by Gasteiger charge is -2.15. The standard InChI is InChI=1S/C12H14F3NOS/c1-12(2,3)18(17)16-10(11(14)15)8-6-4-5-7-9(8)13/h4-7,11H,1-3H3/b16-10+/t18-/m1/s1. The molecule has 100 valence electrons. The van der Waals surface area contributed by atoms with E-state index in [0.29, 0.717) is 0 Å². The zero-order valence-corrected chi connectivity index (χ0v) is 11.1. The minimum atomic E-state index is -2.98. The molecular weight excluding hydrogens is 263 g/mol. The summed E-state index contributed by atoms with van der Waals surface area (Å²) in [6.45, 7) is 4.82. The number of benzene rings is 1. The van der Waals surface area contributed by atoms with Gasteiger partial charge in [0, 0.05) is 5.56 Å². The zero-order chi connectivity index (χ0) is 13.9. The predicted octanol–water partition coefficient (Wildman–Crippen LogP) is 3.34. The maximum absolute atomic E-state index is 13.4. The van der Waals surface area contributed by atoms with Gasteiger partial charge < -0.3 is 0 Å². The first-order valence-electron chi connectivity index (χ1n) is 5.27. The molecule has 6 heteroatoms. The van der Waals surface area contributed by atoms with E-state index in [1.165, 1.54) is 18.2 Å². The van der Waals surface area contributed by atoms with Crippen LogP contribution in [-0.4, -0.2) is 21.1 Å². The van der Waals surface area contributed by atoms with E-state index in [1.54, 1.807) is 20.8 Å². The second kappa shape index (κ2) is 5.65. The molecule has 0 amide bonds. The second-order valence-corrected chi connectivity index (χ2v) is 6.52. The number of nitrogens with zero attached hydrogens (tertiary/aromatic N) is 1. The normalized spacial score (nSPS) is 14.9. The third kappa shape index (κ3) is 3.66. The van der Waals surface area contributed by atoms with Crippen molar-refractivity contribution in [3.63, 3.8) is 0 Å². The van der Waals surface area contributed by atoms with E-state index in [1.807, 2.05) is 0 Å². The van der Waals surface area contributed by atoms with Crippen molar-refractivity contribution in [2.24, 2.45) is 4.40 Å². The highest BCUT2D eigenvalue weighted by molar-refractivity contribution is 7.85. The molecule has 0 saturated heterocycles. The van der Waals surface area contributed by atoms with Gasteiger partial charge in [-0.2, -0.15) is 4.40 Å². The summed E-state index contributed by atoms with van der Waals surface area (Å²) in [7, 11) is -1.86. The molecule has 1 rings (SSSR count). The van der Waals surface area contributed by atoms with E-state index >= 15 is 0 Å². The topological polar surface area (TPSA) is 29.4 Å². The van der Waals surface area contributed by atoms with Crippen molar-refractivity contribution in [1.29, 1.82) is 0 Å². The smallest absolute Gasteiger partial charge is 0.234 e. The van der Waals surface area contributed by atoms with Gasteiger partial charge in [-0.25, -0.2) is 17.4 Å². The second-order valence-electron chi connectivity index (χ2n) is 4.62. The Bertz CT molecular complexity index is 480. The summed E-state index contributed by atoms with van der Waals surface area (Å²) < 4.78 is 53.6. The van der Waals surface area contributed by atoms with Crippen molar-refractivity contribution in [3.8, 4) is 0 Å². The van der Waals surface area contributed by atoms with Crippen molar-refractivity contribution in [2.75, 3.05) is 0 Å². The lowest BCUT2D eigenvalue weighted by molar-refractivity contribution is 0.226. The highest BCUT2D eigenvalue weighted by atomic mass is 32.2. The number of hydrogen-bond acceptors (Lipinski definition) is 1. The van der Waals surface area contributed by atoms with Crippen molar-refractivity contribution in [3.05, 3.63) is 35.6 Å². The fourth-order valence-electron chi connectivity index (χ4n) is 1.10. The summed E-state index contributed by atoms with van der Waals surface area (Å²) >= 11 is 0. The summed E-state index contributed by atoms with van der Waals surface area (Å²) in [5.74, 6) is -0.803. The van der Waals surface area contributed by atoms with Crippen LogP contribution in [0.4, 0.5) is 13.2 Å². The Morgan fingerprint density at radius 2 is 1.83 bits per heavy atom. The van der Waals surface area contributed by atoms with Crippen LogP contribution in [0.3, 0.4) is 0 Å². The molecule has 0 fully saturated rings. The van der Waals surface area contributed by atoms with Crippen molar-refractivity contribution in [1.82, 2.24) is 0 Å². The first-order chi connectivity index (χ1) is 8.23. The molecule has 0 aliphatic carbocycles. The Kier molecular flexibility index (Phi) is 4.67.